The lowest BCUT2D eigenvalue weighted by atomic mass is 9.77. The van der Waals surface area contributed by atoms with Gasteiger partial charge in [-0.2, -0.15) is 5.26 Å². The normalized spacial score (nSPS) is 16.9. The number of aliphatic carboxylic acids is 1. The summed E-state index contributed by atoms with van der Waals surface area (Å²) >= 11 is 0. The van der Waals surface area contributed by atoms with Gasteiger partial charge in [0.15, 0.2) is 0 Å². The quantitative estimate of drug-likeness (QED) is 0.906. The molecule has 1 aromatic rings. The molecule has 4 nitrogen and oxygen atoms in total. The lowest BCUT2D eigenvalue weighted by Crippen LogP contribution is -2.32. The largest absolute Gasteiger partial charge is 0.495 e. The Morgan fingerprint density at radius 1 is 1.42 bits per heavy atom. The fourth-order valence-corrected chi connectivity index (χ4v) is 3.01. The number of carboxylic acid groups (broad SMARTS) is 1. The number of ether oxygens (including phenoxy) is 1. The van der Waals surface area contributed by atoms with Gasteiger partial charge in [-0.1, -0.05) is 18.9 Å². The van der Waals surface area contributed by atoms with Gasteiger partial charge >= 0.3 is 5.97 Å². The molecule has 1 fully saturated rings. The summed E-state index contributed by atoms with van der Waals surface area (Å²) in [5.41, 5.74) is 1.12. The number of hydrogen-bond acceptors (Lipinski definition) is 3. The first-order valence-corrected chi connectivity index (χ1v) is 6.38. The average Bonchev–Trinajstić information content (AvgIpc) is 2.88. The highest BCUT2D eigenvalue weighted by Gasteiger charge is 2.43. The Morgan fingerprint density at radius 2 is 2.05 bits per heavy atom. The fourth-order valence-electron chi connectivity index (χ4n) is 3.01. The summed E-state index contributed by atoms with van der Waals surface area (Å²) in [6, 6.07) is 5.61. The van der Waals surface area contributed by atoms with Crippen LogP contribution >= 0.6 is 0 Å². The molecule has 100 valence electrons. The number of aryl methyl sites for hydroxylation is 1. The van der Waals surface area contributed by atoms with Crippen molar-refractivity contribution in [2.24, 2.45) is 0 Å². The van der Waals surface area contributed by atoms with Crippen LogP contribution in [0.4, 0.5) is 0 Å². The summed E-state index contributed by atoms with van der Waals surface area (Å²) in [5.74, 6) is -0.261. The maximum Gasteiger partial charge on any atom is 0.314 e. The molecule has 1 aromatic carbocycles. The van der Waals surface area contributed by atoms with E-state index < -0.39 is 11.4 Å². The van der Waals surface area contributed by atoms with Crippen molar-refractivity contribution in [3.8, 4) is 11.8 Å². The number of carboxylic acids is 1. The number of carbonyl (C=O) groups is 1. The van der Waals surface area contributed by atoms with Gasteiger partial charge in [0, 0.05) is 0 Å². The number of benzene rings is 1. The minimum absolute atomic E-state index is 0.407. The zero-order chi connectivity index (χ0) is 14.0. The number of hydrogen-bond donors (Lipinski definition) is 1. The predicted molar refractivity (Wildman–Crippen MR) is 70.2 cm³/mol. The van der Waals surface area contributed by atoms with Gasteiger partial charge in [0.2, 0.25) is 0 Å². The predicted octanol–water partition coefficient (Wildman–Crippen LogP) is 2.77. The second kappa shape index (κ2) is 4.93. The molecule has 0 bridgehead atoms. The molecule has 0 aliphatic heterocycles. The van der Waals surface area contributed by atoms with Crippen LogP contribution < -0.4 is 4.74 Å². The van der Waals surface area contributed by atoms with Crippen molar-refractivity contribution >= 4 is 5.97 Å². The van der Waals surface area contributed by atoms with E-state index in [1.54, 1.807) is 6.07 Å². The molecule has 0 amide bonds. The molecule has 0 aromatic heterocycles. The van der Waals surface area contributed by atoms with Gasteiger partial charge in [-0.25, -0.2) is 0 Å². The Kier molecular flexibility index (Phi) is 3.48. The van der Waals surface area contributed by atoms with Crippen molar-refractivity contribution in [1.29, 1.82) is 5.26 Å². The van der Waals surface area contributed by atoms with Gasteiger partial charge in [-0.05, 0) is 37.0 Å². The zero-order valence-corrected chi connectivity index (χ0v) is 11.2. The van der Waals surface area contributed by atoms with Gasteiger partial charge in [-0.15, -0.1) is 0 Å². The molecule has 2 rings (SSSR count). The highest BCUT2D eigenvalue weighted by Crippen LogP contribution is 2.43. The number of nitriles is 1. The van der Waals surface area contributed by atoms with Gasteiger partial charge < -0.3 is 9.84 Å². The van der Waals surface area contributed by atoms with Crippen LogP contribution in [0, 0.1) is 18.3 Å². The number of nitrogens with zero attached hydrogens (tertiary/aromatic N) is 1. The van der Waals surface area contributed by atoms with Gasteiger partial charge in [-0.3, -0.25) is 4.79 Å². The Labute approximate surface area is 112 Å². The molecule has 0 unspecified atom stereocenters. The summed E-state index contributed by atoms with van der Waals surface area (Å²) in [6.45, 7) is 1.84. The van der Waals surface area contributed by atoms with E-state index in [9.17, 15) is 15.2 Å². The van der Waals surface area contributed by atoms with E-state index in [2.05, 4.69) is 6.07 Å². The minimum atomic E-state index is -0.831. The third-order valence-corrected chi connectivity index (χ3v) is 4.02. The molecule has 1 saturated carbocycles. The highest BCUT2D eigenvalue weighted by molar-refractivity contribution is 5.82. The molecule has 0 heterocycles. The van der Waals surface area contributed by atoms with Crippen LogP contribution in [0.5, 0.6) is 5.75 Å². The molecule has 1 N–H and O–H groups in total. The van der Waals surface area contributed by atoms with Crippen LogP contribution in [-0.2, 0) is 10.2 Å². The standard InChI is InChI=1S/C15H17NO3/c1-10-7-12(8-11(9-16)13(10)19-2)15(14(17)18)5-3-4-6-15/h7-8H,3-6H2,1-2H3,(H,17,18). The third kappa shape index (κ3) is 2.06. The van der Waals surface area contributed by atoms with Crippen LogP contribution in [0.2, 0.25) is 0 Å². The summed E-state index contributed by atoms with van der Waals surface area (Å²) in [6.07, 6.45) is 3.11. The van der Waals surface area contributed by atoms with Crippen molar-refractivity contribution in [2.75, 3.05) is 7.11 Å². The van der Waals surface area contributed by atoms with E-state index >= 15 is 0 Å². The van der Waals surface area contributed by atoms with E-state index in [-0.39, 0.29) is 0 Å². The molecular formula is C15H17NO3. The topological polar surface area (TPSA) is 70.3 Å². The van der Waals surface area contributed by atoms with Crippen LogP contribution in [0.25, 0.3) is 0 Å². The molecule has 1 aliphatic carbocycles. The summed E-state index contributed by atoms with van der Waals surface area (Å²) < 4.78 is 5.21. The first kappa shape index (κ1) is 13.4. The minimum Gasteiger partial charge on any atom is -0.495 e. The Balaban J connectivity index is 2.60. The highest BCUT2D eigenvalue weighted by atomic mass is 16.5. The molecular weight excluding hydrogens is 242 g/mol. The van der Waals surface area contributed by atoms with Crippen molar-refractivity contribution in [2.45, 2.75) is 38.0 Å². The van der Waals surface area contributed by atoms with Crippen molar-refractivity contribution < 1.29 is 14.6 Å². The van der Waals surface area contributed by atoms with Crippen LogP contribution in [0.1, 0.15) is 42.4 Å². The number of rotatable bonds is 3. The molecule has 19 heavy (non-hydrogen) atoms. The lowest BCUT2D eigenvalue weighted by molar-refractivity contribution is -0.143. The average molecular weight is 259 g/mol. The third-order valence-electron chi connectivity index (χ3n) is 4.02. The van der Waals surface area contributed by atoms with Crippen molar-refractivity contribution in [3.05, 3.63) is 28.8 Å². The first-order chi connectivity index (χ1) is 9.05. The van der Waals surface area contributed by atoms with Gasteiger partial charge in [0.05, 0.1) is 18.1 Å². The SMILES string of the molecule is COc1c(C)cc(C2(C(=O)O)CCCC2)cc1C#N. The molecule has 4 heteroatoms. The van der Waals surface area contributed by atoms with E-state index in [1.165, 1.54) is 7.11 Å². The molecule has 0 saturated heterocycles. The number of methoxy groups -OCH3 is 1. The summed E-state index contributed by atoms with van der Waals surface area (Å²) in [7, 11) is 1.52. The van der Waals surface area contributed by atoms with Gasteiger partial charge in [0.25, 0.3) is 0 Å². The fraction of sp³-hybridized carbons (Fsp3) is 0.467. The van der Waals surface area contributed by atoms with E-state index in [1.807, 2.05) is 13.0 Å². The zero-order valence-electron chi connectivity index (χ0n) is 11.2. The molecule has 0 radical (unpaired) electrons. The lowest BCUT2D eigenvalue weighted by Gasteiger charge is -2.25. The maximum absolute atomic E-state index is 11.7. The summed E-state index contributed by atoms with van der Waals surface area (Å²) in [5, 5.41) is 18.8. The first-order valence-electron chi connectivity index (χ1n) is 6.38. The van der Waals surface area contributed by atoms with Crippen LogP contribution in [0.15, 0.2) is 12.1 Å². The second-order valence-corrected chi connectivity index (χ2v) is 5.08. The van der Waals surface area contributed by atoms with E-state index in [0.29, 0.717) is 24.2 Å². The van der Waals surface area contributed by atoms with Crippen molar-refractivity contribution in [3.63, 3.8) is 0 Å². The Bertz CT molecular complexity index is 551. The molecule has 1 aliphatic rings. The van der Waals surface area contributed by atoms with Crippen molar-refractivity contribution in [1.82, 2.24) is 0 Å². The molecule has 0 spiro atoms. The van der Waals surface area contributed by atoms with E-state index in [0.717, 1.165) is 24.0 Å². The van der Waals surface area contributed by atoms with Gasteiger partial charge in [0.1, 0.15) is 11.8 Å². The van der Waals surface area contributed by atoms with E-state index in [4.69, 9.17) is 4.74 Å². The maximum atomic E-state index is 11.7. The molecule has 0 atom stereocenters. The summed E-state index contributed by atoms with van der Waals surface area (Å²) in [4.78, 5) is 11.7. The van der Waals surface area contributed by atoms with Crippen LogP contribution in [0.3, 0.4) is 0 Å². The monoisotopic (exact) mass is 259 g/mol. The Morgan fingerprint density at radius 3 is 2.53 bits per heavy atom. The second-order valence-electron chi connectivity index (χ2n) is 5.08. The Hall–Kier alpha value is -2.02. The smallest absolute Gasteiger partial charge is 0.314 e. The van der Waals surface area contributed by atoms with Crippen LogP contribution in [-0.4, -0.2) is 18.2 Å².